The van der Waals surface area contributed by atoms with Gasteiger partial charge in [-0.25, -0.2) is 0 Å². The highest BCUT2D eigenvalue weighted by atomic mass is 16.6. The summed E-state index contributed by atoms with van der Waals surface area (Å²) in [7, 11) is 0. The number of allylic oxidation sites excluding steroid dienone is 4. The molecule has 2 aliphatic heterocycles. The van der Waals surface area contributed by atoms with Crippen LogP contribution >= 0.6 is 0 Å². The van der Waals surface area contributed by atoms with Crippen molar-refractivity contribution in [3.8, 4) is 11.5 Å². The van der Waals surface area contributed by atoms with Gasteiger partial charge in [0.15, 0.2) is 0 Å². The second-order valence-electron chi connectivity index (χ2n) is 7.45. The van der Waals surface area contributed by atoms with Crippen LogP contribution in [0.2, 0.25) is 0 Å². The normalized spacial score (nSPS) is 22.9. The second-order valence-corrected chi connectivity index (χ2v) is 7.45. The standard InChI is InChI=1S/C24H24O4/c1-2-18(20-7-11-22(12-8-20)26-14-24-16-28-24)4-3-17(1)19-5-9-21(10-6-19)25-13-23-15-27-23/h1,4-12,23-24H,2-3,13-16H2. The van der Waals surface area contributed by atoms with E-state index in [-0.39, 0.29) is 12.2 Å². The summed E-state index contributed by atoms with van der Waals surface area (Å²) in [5.74, 6) is 1.81. The Hall–Kier alpha value is -2.56. The highest BCUT2D eigenvalue weighted by Gasteiger charge is 2.23. The van der Waals surface area contributed by atoms with Crippen LogP contribution in [0.4, 0.5) is 0 Å². The SMILES string of the molecule is C1=C(c2ccc(OCC3CO3)cc2)CC=C(c2ccc(OCC3CO3)cc2)C1. The highest BCUT2D eigenvalue weighted by molar-refractivity contribution is 5.78. The minimum atomic E-state index is 0.289. The quantitative estimate of drug-likeness (QED) is 0.636. The Balaban J connectivity index is 1.17. The molecular weight excluding hydrogens is 352 g/mol. The molecular formula is C24H24O4. The van der Waals surface area contributed by atoms with Gasteiger partial charge in [0, 0.05) is 0 Å². The molecule has 2 fully saturated rings. The number of hydrogen-bond acceptors (Lipinski definition) is 4. The third kappa shape index (κ3) is 4.46. The van der Waals surface area contributed by atoms with Crippen molar-refractivity contribution >= 4 is 11.1 Å². The molecule has 2 unspecified atom stereocenters. The number of hydrogen-bond donors (Lipinski definition) is 0. The summed E-state index contributed by atoms with van der Waals surface area (Å²) in [5.41, 5.74) is 5.25. The molecule has 0 N–H and O–H groups in total. The Morgan fingerprint density at radius 3 is 1.36 bits per heavy atom. The molecule has 3 aliphatic rings. The molecule has 0 aromatic heterocycles. The molecule has 0 bridgehead atoms. The third-order valence-electron chi connectivity index (χ3n) is 5.26. The largest absolute Gasteiger partial charge is 0.491 e. The van der Waals surface area contributed by atoms with Crippen LogP contribution in [0, 0.1) is 0 Å². The van der Waals surface area contributed by atoms with Crippen molar-refractivity contribution in [3.63, 3.8) is 0 Å². The zero-order valence-corrected chi connectivity index (χ0v) is 15.8. The van der Waals surface area contributed by atoms with Crippen LogP contribution in [-0.2, 0) is 9.47 Å². The summed E-state index contributed by atoms with van der Waals surface area (Å²) in [6.45, 7) is 2.94. The van der Waals surface area contributed by atoms with Crippen molar-refractivity contribution in [1.82, 2.24) is 0 Å². The number of rotatable bonds is 8. The van der Waals surface area contributed by atoms with Gasteiger partial charge >= 0.3 is 0 Å². The molecule has 4 heteroatoms. The number of epoxide rings is 2. The average Bonchev–Trinajstić information content (AvgIpc) is 3.67. The summed E-state index contributed by atoms with van der Waals surface area (Å²) in [4.78, 5) is 0. The fourth-order valence-corrected chi connectivity index (χ4v) is 3.34. The molecule has 2 aromatic carbocycles. The predicted octanol–water partition coefficient (Wildman–Crippen LogP) is 4.50. The lowest BCUT2D eigenvalue weighted by Gasteiger charge is -2.15. The van der Waals surface area contributed by atoms with Crippen molar-refractivity contribution in [1.29, 1.82) is 0 Å². The van der Waals surface area contributed by atoms with Gasteiger partial charge in [0.2, 0.25) is 0 Å². The van der Waals surface area contributed by atoms with Gasteiger partial charge in [-0.05, 0) is 59.4 Å². The minimum Gasteiger partial charge on any atom is -0.491 e. The van der Waals surface area contributed by atoms with E-state index in [1.165, 1.54) is 22.3 Å². The smallest absolute Gasteiger partial charge is 0.119 e. The van der Waals surface area contributed by atoms with E-state index in [2.05, 4.69) is 36.4 Å². The maximum Gasteiger partial charge on any atom is 0.119 e. The van der Waals surface area contributed by atoms with Gasteiger partial charge in [-0.3, -0.25) is 0 Å². The molecule has 5 rings (SSSR count). The Morgan fingerprint density at radius 2 is 1.04 bits per heavy atom. The Morgan fingerprint density at radius 1 is 0.643 bits per heavy atom. The van der Waals surface area contributed by atoms with Crippen molar-refractivity contribution < 1.29 is 18.9 Å². The summed E-state index contributed by atoms with van der Waals surface area (Å²) < 4.78 is 21.8. The average molecular weight is 376 g/mol. The highest BCUT2D eigenvalue weighted by Crippen LogP contribution is 2.32. The fourth-order valence-electron chi connectivity index (χ4n) is 3.34. The molecule has 144 valence electrons. The monoisotopic (exact) mass is 376 g/mol. The third-order valence-corrected chi connectivity index (χ3v) is 5.26. The molecule has 4 nitrogen and oxygen atoms in total. The summed E-state index contributed by atoms with van der Waals surface area (Å²) >= 11 is 0. The summed E-state index contributed by atoms with van der Waals surface area (Å²) in [6.07, 6.45) is 7.14. The first-order valence-corrected chi connectivity index (χ1v) is 9.91. The summed E-state index contributed by atoms with van der Waals surface area (Å²) in [6, 6.07) is 16.7. The molecule has 1 aliphatic carbocycles. The van der Waals surface area contributed by atoms with E-state index in [1.807, 2.05) is 24.3 Å². The molecule has 2 aromatic rings. The minimum absolute atomic E-state index is 0.289. The molecule has 0 amide bonds. The lowest BCUT2D eigenvalue weighted by molar-refractivity contribution is 0.263. The van der Waals surface area contributed by atoms with Crippen molar-refractivity contribution in [2.75, 3.05) is 26.4 Å². The van der Waals surface area contributed by atoms with Crippen LogP contribution in [-0.4, -0.2) is 38.6 Å². The Labute approximate surface area is 165 Å². The maximum absolute atomic E-state index is 5.72. The zero-order valence-electron chi connectivity index (χ0n) is 15.8. The molecule has 2 atom stereocenters. The van der Waals surface area contributed by atoms with E-state index in [9.17, 15) is 0 Å². The fraction of sp³-hybridized carbons (Fsp3) is 0.333. The van der Waals surface area contributed by atoms with Gasteiger partial charge in [0.05, 0.1) is 13.2 Å². The van der Waals surface area contributed by atoms with Crippen LogP contribution < -0.4 is 9.47 Å². The van der Waals surface area contributed by atoms with Crippen LogP contribution in [0.5, 0.6) is 11.5 Å². The zero-order chi connectivity index (χ0) is 18.8. The van der Waals surface area contributed by atoms with E-state index in [0.717, 1.165) is 37.6 Å². The lowest BCUT2D eigenvalue weighted by atomic mass is 9.91. The number of benzene rings is 2. The van der Waals surface area contributed by atoms with Crippen molar-refractivity contribution in [2.45, 2.75) is 25.0 Å². The van der Waals surface area contributed by atoms with Crippen LogP contribution in [0.25, 0.3) is 11.1 Å². The maximum atomic E-state index is 5.72. The van der Waals surface area contributed by atoms with Gasteiger partial charge < -0.3 is 18.9 Å². The first-order chi connectivity index (χ1) is 13.8. The molecule has 2 saturated heterocycles. The van der Waals surface area contributed by atoms with Crippen molar-refractivity contribution in [2.24, 2.45) is 0 Å². The Bertz CT molecular complexity index is 796. The molecule has 2 heterocycles. The van der Waals surface area contributed by atoms with E-state index in [0.29, 0.717) is 13.2 Å². The molecule has 28 heavy (non-hydrogen) atoms. The van der Waals surface area contributed by atoms with E-state index < -0.39 is 0 Å². The first kappa shape index (κ1) is 17.5. The van der Waals surface area contributed by atoms with Gasteiger partial charge in [0.25, 0.3) is 0 Å². The summed E-state index contributed by atoms with van der Waals surface area (Å²) in [5, 5.41) is 0. The molecule has 0 spiro atoms. The lowest BCUT2D eigenvalue weighted by Crippen LogP contribution is -2.04. The van der Waals surface area contributed by atoms with Gasteiger partial charge in [-0.15, -0.1) is 0 Å². The van der Waals surface area contributed by atoms with Crippen LogP contribution in [0.1, 0.15) is 24.0 Å². The second kappa shape index (κ2) is 7.82. The molecule has 0 radical (unpaired) electrons. The molecule has 0 saturated carbocycles. The van der Waals surface area contributed by atoms with Crippen molar-refractivity contribution in [3.05, 3.63) is 71.8 Å². The Kier molecular flexibility index (Phi) is 4.90. The van der Waals surface area contributed by atoms with Gasteiger partial charge in [0.1, 0.15) is 36.9 Å². The van der Waals surface area contributed by atoms with E-state index >= 15 is 0 Å². The van der Waals surface area contributed by atoms with Gasteiger partial charge in [-0.1, -0.05) is 36.4 Å². The topological polar surface area (TPSA) is 43.5 Å². The van der Waals surface area contributed by atoms with Crippen LogP contribution in [0.15, 0.2) is 60.7 Å². The predicted molar refractivity (Wildman–Crippen MR) is 109 cm³/mol. The van der Waals surface area contributed by atoms with E-state index in [1.54, 1.807) is 0 Å². The van der Waals surface area contributed by atoms with E-state index in [4.69, 9.17) is 18.9 Å². The number of ether oxygens (including phenoxy) is 4. The van der Waals surface area contributed by atoms with Gasteiger partial charge in [-0.2, -0.15) is 0 Å². The first-order valence-electron chi connectivity index (χ1n) is 9.91. The van der Waals surface area contributed by atoms with Crippen LogP contribution in [0.3, 0.4) is 0 Å².